The van der Waals surface area contributed by atoms with Crippen molar-refractivity contribution in [2.24, 2.45) is 0 Å². The van der Waals surface area contributed by atoms with E-state index in [4.69, 9.17) is 22.2 Å². The van der Waals surface area contributed by atoms with E-state index < -0.39 is 6.69 Å². The summed E-state index contributed by atoms with van der Waals surface area (Å²) < 4.78 is 0. The van der Waals surface area contributed by atoms with E-state index in [1.807, 2.05) is 0 Å². The van der Waals surface area contributed by atoms with E-state index in [9.17, 15) is 0 Å². The molecule has 2 aliphatic carbocycles. The Labute approximate surface area is 117 Å². The fourth-order valence-electron chi connectivity index (χ4n) is 3.66. The second-order valence-electron chi connectivity index (χ2n) is 6.05. The summed E-state index contributed by atoms with van der Waals surface area (Å²) in [5.74, 6) is 0. The van der Waals surface area contributed by atoms with Gasteiger partial charge in [-0.15, -0.1) is 22.2 Å². The largest absolute Gasteiger partial charge is 0.257 e. The Morgan fingerprint density at radius 3 is 1.12 bits per heavy atom. The van der Waals surface area contributed by atoms with Crippen LogP contribution in [0.25, 0.3) is 0 Å². The van der Waals surface area contributed by atoms with Crippen LogP contribution in [0.1, 0.15) is 77.0 Å². The highest BCUT2D eigenvalue weighted by Crippen LogP contribution is 2.51. The summed E-state index contributed by atoms with van der Waals surface area (Å²) in [6, 6.07) is 0. The van der Waals surface area contributed by atoms with Crippen LogP contribution < -0.4 is 0 Å². The van der Waals surface area contributed by atoms with Gasteiger partial charge in [-0.3, -0.25) is 0 Å². The molecule has 0 unspecified atom stereocenters. The van der Waals surface area contributed by atoms with Crippen molar-refractivity contribution in [1.82, 2.24) is 0 Å². The van der Waals surface area contributed by atoms with Crippen LogP contribution in [0.4, 0.5) is 0 Å². The number of hydrogen-bond acceptors (Lipinski definition) is 0. The first-order chi connectivity index (χ1) is 8.21. The summed E-state index contributed by atoms with van der Waals surface area (Å²) in [4.78, 5) is 0. The maximum atomic E-state index is 6.94. The first-order valence-electron chi connectivity index (χ1n) is 7.59. The lowest BCUT2D eigenvalue weighted by Gasteiger charge is -2.33. The van der Waals surface area contributed by atoms with E-state index in [-0.39, 0.29) is 0 Å². The topological polar surface area (TPSA) is 0 Å². The normalized spacial score (nSPS) is 26.5. The molecule has 0 aromatic carbocycles. The molecule has 2 fully saturated rings. The van der Waals surface area contributed by atoms with Gasteiger partial charge in [0.1, 0.15) is 0 Å². The predicted molar refractivity (Wildman–Crippen MR) is 80.4 cm³/mol. The zero-order valence-corrected chi connectivity index (χ0v) is 13.4. The van der Waals surface area contributed by atoms with Gasteiger partial charge in [0.05, 0.1) is 0 Å². The monoisotopic (exact) mass is 292 g/mol. The minimum atomic E-state index is -2.02. The van der Waals surface area contributed by atoms with Crippen molar-refractivity contribution in [1.29, 1.82) is 0 Å². The van der Waals surface area contributed by atoms with Crippen LogP contribution >= 0.6 is 22.2 Å². The summed E-state index contributed by atoms with van der Waals surface area (Å²) in [6.45, 7) is -2.02. The molecule has 0 spiro atoms. The molecular weight excluding hydrogens is 267 g/mol. The van der Waals surface area contributed by atoms with E-state index in [1.165, 1.54) is 77.0 Å². The first kappa shape index (κ1) is 14.2. The fraction of sp³-hybridized carbons (Fsp3) is 1.00. The van der Waals surface area contributed by atoms with E-state index >= 15 is 0 Å². The maximum absolute atomic E-state index is 6.94. The maximum Gasteiger partial charge on any atom is 0.257 e. The second kappa shape index (κ2) is 6.82. The van der Waals surface area contributed by atoms with Crippen molar-refractivity contribution in [3.8, 4) is 0 Å². The van der Waals surface area contributed by atoms with Gasteiger partial charge in [0.15, 0.2) is 0 Å². The molecule has 0 aromatic rings. The molecule has 0 aliphatic heterocycles. The molecular formula is C14H26Cl2Si. The quantitative estimate of drug-likeness (QED) is 0.316. The van der Waals surface area contributed by atoms with E-state index in [0.717, 1.165) is 0 Å². The molecule has 0 heterocycles. The van der Waals surface area contributed by atoms with Crippen molar-refractivity contribution in [2.75, 3.05) is 0 Å². The summed E-state index contributed by atoms with van der Waals surface area (Å²) in [5.41, 5.74) is 1.38. The zero-order chi connectivity index (χ0) is 12.1. The minimum absolute atomic E-state index is 0.691. The third-order valence-corrected chi connectivity index (χ3v) is 11.8. The van der Waals surface area contributed by atoms with Crippen LogP contribution in [0.15, 0.2) is 0 Å². The number of halogens is 2. The van der Waals surface area contributed by atoms with Crippen molar-refractivity contribution in [3.05, 3.63) is 0 Å². The van der Waals surface area contributed by atoms with Gasteiger partial charge in [-0.2, -0.15) is 0 Å². The van der Waals surface area contributed by atoms with Gasteiger partial charge >= 0.3 is 0 Å². The molecule has 0 N–H and O–H groups in total. The Balaban J connectivity index is 1.98. The van der Waals surface area contributed by atoms with Gasteiger partial charge in [-0.05, 0) is 11.1 Å². The summed E-state index contributed by atoms with van der Waals surface area (Å²) in [5, 5.41) is 0. The molecule has 0 bridgehead atoms. The third-order valence-electron chi connectivity index (χ3n) is 4.80. The lowest BCUT2D eigenvalue weighted by molar-refractivity contribution is 0.630. The van der Waals surface area contributed by atoms with Gasteiger partial charge in [0.25, 0.3) is 6.69 Å². The number of rotatable bonds is 2. The highest BCUT2D eigenvalue weighted by atomic mass is 35.7. The highest BCUT2D eigenvalue weighted by Gasteiger charge is 2.45. The van der Waals surface area contributed by atoms with Crippen molar-refractivity contribution in [2.45, 2.75) is 88.1 Å². The van der Waals surface area contributed by atoms with Crippen molar-refractivity contribution >= 4 is 28.9 Å². The van der Waals surface area contributed by atoms with E-state index in [0.29, 0.717) is 11.1 Å². The SMILES string of the molecule is Cl[Si](Cl)(C1CCCCCC1)C1CCCCCC1. The van der Waals surface area contributed by atoms with Crippen LogP contribution in [-0.4, -0.2) is 6.69 Å². The van der Waals surface area contributed by atoms with Crippen LogP contribution in [0, 0.1) is 0 Å². The molecule has 100 valence electrons. The lowest BCUT2D eigenvalue weighted by Crippen LogP contribution is -2.33. The molecule has 2 rings (SSSR count). The van der Waals surface area contributed by atoms with Gasteiger partial charge < -0.3 is 0 Å². The average Bonchev–Trinajstić information content (AvgIpc) is 2.74. The summed E-state index contributed by atoms with van der Waals surface area (Å²) >= 11 is 13.9. The highest BCUT2D eigenvalue weighted by molar-refractivity contribution is 7.46. The van der Waals surface area contributed by atoms with Gasteiger partial charge in [0.2, 0.25) is 0 Å². The molecule has 2 aliphatic rings. The predicted octanol–water partition coefficient (Wildman–Crippen LogP) is 6.36. The standard InChI is InChI=1S/C14H26Cl2Si/c15-17(16,13-9-5-1-2-6-10-13)14-11-7-3-4-8-12-14/h13-14H,1-12H2. The Kier molecular flexibility index (Phi) is 5.70. The van der Waals surface area contributed by atoms with Crippen LogP contribution in [0.5, 0.6) is 0 Å². The molecule has 0 atom stereocenters. The van der Waals surface area contributed by atoms with Crippen LogP contribution in [0.3, 0.4) is 0 Å². The van der Waals surface area contributed by atoms with Crippen molar-refractivity contribution in [3.63, 3.8) is 0 Å². The summed E-state index contributed by atoms with van der Waals surface area (Å²) in [7, 11) is 0. The fourth-order valence-corrected chi connectivity index (χ4v) is 9.30. The average molecular weight is 293 g/mol. The molecule has 3 heteroatoms. The second-order valence-corrected chi connectivity index (χ2v) is 13.4. The molecule has 0 saturated heterocycles. The van der Waals surface area contributed by atoms with E-state index in [2.05, 4.69) is 0 Å². The molecule has 17 heavy (non-hydrogen) atoms. The van der Waals surface area contributed by atoms with Crippen LogP contribution in [0.2, 0.25) is 11.1 Å². The third kappa shape index (κ3) is 3.88. The molecule has 2 saturated carbocycles. The Bertz CT molecular complexity index is 192. The zero-order valence-electron chi connectivity index (χ0n) is 10.9. The molecule has 0 radical (unpaired) electrons. The van der Waals surface area contributed by atoms with Gasteiger partial charge in [-0.1, -0.05) is 77.0 Å². The molecule has 0 amide bonds. The Morgan fingerprint density at radius 2 is 0.824 bits per heavy atom. The number of hydrogen-bond donors (Lipinski definition) is 0. The van der Waals surface area contributed by atoms with Crippen LogP contribution in [-0.2, 0) is 0 Å². The Morgan fingerprint density at radius 1 is 0.529 bits per heavy atom. The summed E-state index contributed by atoms with van der Waals surface area (Å²) in [6.07, 6.45) is 16.3. The smallest absolute Gasteiger partial charge is 0.145 e. The lowest BCUT2D eigenvalue weighted by atomic mass is 10.2. The van der Waals surface area contributed by atoms with Crippen molar-refractivity contribution < 1.29 is 0 Å². The van der Waals surface area contributed by atoms with Gasteiger partial charge in [0, 0.05) is 0 Å². The minimum Gasteiger partial charge on any atom is -0.145 e. The van der Waals surface area contributed by atoms with Gasteiger partial charge in [-0.25, -0.2) is 0 Å². The molecule has 0 nitrogen and oxygen atoms in total. The van der Waals surface area contributed by atoms with E-state index in [1.54, 1.807) is 0 Å². The molecule has 0 aromatic heterocycles. The first-order valence-corrected chi connectivity index (χ1v) is 11.8. The Hall–Kier alpha value is 0.797.